The molecule has 1 aliphatic heterocycles. The van der Waals surface area contributed by atoms with Crippen LogP contribution in [0.1, 0.15) is 27.7 Å². The molecular weight excluding hydrogens is 416 g/mol. The Morgan fingerprint density at radius 3 is 2.55 bits per heavy atom. The second kappa shape index (κ2) is 9.30. The molecule has 2 unspecified atom stereocenters. The van der Waals surface area contributed by atoms with E-state index in [1.54, 1.807) is 48.5 Å². The first-order valence-electron chi connectivity index (χ1n) is 9.89. The van der Waals surface area contributed by atoms with E-state index in [2.05, 4.69) is 21.2 Å². The molecule has 2 aromatic rings. The van der Waals surface area contributed by atoms with Crippen molar-refractivity contribution in [2.45, 2.75) is 43.4 Å². The fourth-order valence-electron chi connectivity index (χ4n) is 2.89. The summed E-state index contributed by atoms with van der Waals surface area (Å²) in [7, 11) is -1.80. The van der Waals surface area contributed by atoms with Gasteiger partial charge in [0.2, 0.25) is 5.91 Å². The van der Waals surface area contributed by atoms with E-state index in [0.717, 1.165) is 0 Å². The lowest BCUT2D eigenvalue weighted by molar-refractivity contribution is -0.116. The molecule has 3 rings (SSSR count). The highest BCUT2D eigenvalue weighted by Crippen LogP contribution is 2.29. The van der Waals surface area contributed by atoms with Crippen molar-refractivity contribution in [3.05, 3.63) is 48.5 Å². The predicted octanol–water partition coefficient (Wildman–Crippen LogP) is 2.90. The van der Waals surface area contributed by atoms with Crippen molar-refractivity contribution in [2.75, 3.05) is 17.2 Å². The average Bonchev–Trinajstić information content (AvgIpc) is 2.71. The Balaban J connectivity index is 1.99. The van der Waals surface area contributed by atoms with Crippen molar-refractivity contribution >= 4 is 39.7 Å². The Hall–Kier alpha value is -3.20. The molecule has 3 N–H and O–H groups in total. The van der Waals surface area contributed by atoms with Crippen LogP contribution in [0.15, 0.2) is 58.5 Å². The zero-order valence-electron chi connectivity index (χ0n) is 17.9. The van der Waals surface area contributed by atoms with Gasteiger partial charge in [-0.3, -0.25) is 13.8 Å². The van der Waals surface area contributed by atoms with Crippen molar-refractivity contribution in [1.82, 2.24) is 5.43 Å². The fraction of sp³-hybridized carbons (Fsp3) is 0.318. The van der Waals surface area contributed by atoms with Crippen LogP contribution in [0.5, 0.6) is 5.75 Å². The molecule has 0 saturated carbocycles. The second-order valence-corrected chi connectivity index (χ2v) is 9.41. The lowest BCUT2D eigenvalue weighted by Crippen LogP contribution is -2.48. The molecule has 31 heavy (non-hydrogen) atoms. The number of nitrogens with zero attached hydrogens (tertiary/aromatic N) is 1. The van der Waals surface area contributed by atoms with Crippen LogP contribution in [0, 0.1) is 0 Å². The summed E-state index contributed by atoms with van der Waals surface area (Å²) in [5, 5.41) is 8.42. The molecule has 0 bridgehead atoms. The SMILES string of the molecule is CCOc1ccccc1NC(=O)C(=NNC(C)(C)C)C1C(=O)Nc2ccccc2S1=O. The Labute approximate surface area is 183 Å². The van der Waals surface area contributed by atoms with Gasteiger partial charge in [-0.15, -0.1) is 0 Å². The molecule has 0 aromatic heterocycles. The zero-order valence-corrected chi connectivity index (χ0v) is 18.7. The Morgan fingerprint density at radius 1 is 1.16 bits per heavy atom. The van der Waals surface area contributed by atoms with Gasteiger partial charge >= 0.3 is 0 Å². The number of anilines is 2. The minimum atomic E-state index is -1.80. The number of hydrogen-bond acceptors (Lipinski definition) is 6. The molecule has 2 aromatic carbocycles. The minimum absolute atomic E-state index is 0.174. The number of hydrogen-bond donors (Lipinski definition) is 3. The highest BCUT2D eigenvalue weighted by Gasteiger charge is 2.40. The van der Waals surface area contributed by atoms with Crippen molar-refractivity contribution in [1.29, 1.82) is 0 Å². The topological polar surface area (TPSA) is 109 Å². The molecule has 1 heterocycles. The van der Waals surface area contributed by atoms with Gasteiger partial charge in [0.05, 0.1) is 33.7 Å². The van der Waals surface area contributed by atoms with Crippen molar-refractivity contribution in [2.24, 2.45) is 5.10 Å². The number of amides is 2. The molecule has 2 atom stereocenters. The van der Waals surface area contributed by atoms with Gasteiger partial charge in [0.25, 0.3) is 5.91 Å². The Morgan fingerprint density at radius 2 is 1.84 bits per heavy atom. The van der Waals surface area contributed by atoms with Gasteiger partial charge in [-0.05, 0) is 52.0 Å². The van der Waals surface area contributed by atoms with Crippen molar-refractivity contribution in [3.8, 4) is 5.75 Å². The van der Waals surface area contributed by atoms with E-state index in [9.17, 15) is 13.8 Å². The molecule has 0 aliphatic carbocycles. The molecular formula is C22H26N4O4S. The van der Waals surface area contributed by atoms with Crippen LogP contribution in [0.4, 0.5) is 11.4 Å². The zero-order chi connectivity index (χ0) is 22.6. The van der Waals surface area contributed by atoms with E-state index >= 15 is 0 Å². The number of fused-ring (bicyclic) bond motifs is 1. The number of carbonyl (C=O) groups excluding carboxylic acids is 2. The molecule has 0 fully saturated rings. The molecule has 0 saturated heterocycles. The van der Waals surface area contributed by atoms with E-state index in [-0.39, 0.29) is 5.71 Å². The third-order valence-corrected chi connectivity index (χ3v) is 5.90. The number of rotatable bonds is 6. The van der Waals surface area contributed by atoms with Gasteiger partial charge in [0.15, 0.2) is 11.0 Å². The van der Waals surface area contributed by atoms with E-state index < -0.39 is 33.4 Å². The quantitative estimate of drug-likeness (QED) is 0.471. The number of nitrogens with one attached hydrogen (secondary N) is 3. The molecule has 0 radical (unpaired) electrons. The molecule has 0 spiro atoms. The number of carbonyl (C=O) groups is 2. The number of ether oxygens (including phenoxy) is 1. The van der Waals surface area contributed by atoms with Crippen LogP contribution >= 0.6 is 0 Å². The third-order valence-electron chi connectivity index (χ3n) is 4.24. The maximum atomic E-state index is 13.3. The second-order valence-electron chi connectivity index (χ2n) is 7.91. The minimum Gasteiger partial charge on any atom is -0.492 e. The van der Waals surface area contributed by atoms with Crippen LogP contribution in [0.25, 0.3) is 0 Å². The van der Waals surface area contributed by atoms with Crippen molar-refractivity contribution in [3.63, 3.8) is 0 Å². The summed E-state index contributed by atoms with van der Waals surface area (Å²) in [6.45, 7) is 7.85. The van der Waals surface area contributed by atoms with Crippen LogP contribution in [0.2, 0.25) is 0 Å². The Bertz CT molecular complexity index is 1050. The van der Waals surface area contributed by atoms with Gasteiger partial charge in [0, 0.05) is 5.54 Å². The molecule has 8 nitrogen and oxygen atoms in total. The summed E-state index contributed by atoms with van der Waals surface area (Å²) in [5.41, 5.74) is 3.12. The first-order valence-corrected chi connectivity index (χ1v) is 11.1. The largest absolute Gasteiger partial charge is 0.492 e. The summed E-state index contributed by atoms with van der Waals surface area (Å²) in [4.78, 5) is 26.5. The summed E-state index contributed by atoms with van der Waals surface area (Å²) in [6, 6.07) is 13.8. The molecule has 2 amide bonds. The van der Waals surface area contributed by atoms with E-state index in [0.29, 0.717) is 28.6 Å². The Kier molecular flexibility index (Phi) is 6.74. The van der Waals surface area contributed by atoms with Gasteiger partial charge < -0.3 is 20.8 Å². The van der Waals surface area contributed by atoms with E-state index in [1.807, 2.05) is 27.7 Å². The van der Waals surface area contributed by atoms with Crippen LogP contribution in [-0.2, 0) is 20.4 Å². The van der Waals surface area contributed by atoms with Crippen LogP contribution in [-0.4, -0.2) is 39.1 Å². The fourth-order valence-corrected chi connectivity index (χ4v) is 4.31. The van der Waals surface area contributed by atoms with Gasteiger partial charge in [-0.25, -0.2) is 0 Å². The number of benzene rings is 2. The lowest BCUT2D eigenvalue weighted by Gasteiger charge is -2.26. The van der Waals surface area contributed by atoms with Crippen LogP contribution < -0.4 is 20.8 Å². The highest BCUT2D eigenvalue weighted by molar-refractivity contribution is 7.88. The number of para-hydroxylation sites is 3. The van der Waals surface area contributed by atoms with E-state index in [1.165, 1.54) is 0 Å². The maximum absolute atomic E-state index is 13.3. The van der Waals surface area contributed by atoms with Crippen molar-refractivity contribution < 1.29 is 18.5 Å². The van der Waals surface area contributed by atoms with Gasteiger partial charge in [0.1, 0.15) is 5.75 Å². The summed E-state index contributed by atoms with van der Waals surface area (Å²) >= 11 is 0. The molecule has 9 heteroatoms. The first kappa shape index (κ1) is 22.5. The molecule has 164 valence electrons. The summed E-state index contributed by atoms with van der Waals surface area (Å²) < 4.78 is 18.8. The first-order chi connectivity index (χ1) is 14.7. The third kappa shape index (κ3) is 5.29. The van der Waals surface area contributed by atoms with Gasteiger partial charge in [-0.2, -0.15) is 5.10 Å². The number of hydrazone groups is 1. The highest BCUT2D eigenvalue weighted by atomic mass is 32.2. The summed E-state index contributed by atoms with van der Waals surface area (Å²) in [6.07, 6.45) is 0. The molecule has 1 aliphatic rings. The lowest BCUT2D eigenvalue weighted by atomic mass is 10.1. The van der Waals surface area contributed by atoms with Gasteiger partial charge in [-0.1, -0.05) is 24.3 Å². The average molecular weight is 443 g/mol. The normalized spacial score (nSPS) is 18.6. The predicted molar refractivity (Wildman–Crippen MR) is 122 cm³/mol. The monoisotopic (exact) mass is 442 g/mol. The van der Waals surface area contributed by atoms with E-state index in [4.69, 9.17) is 4.74 Å². The summed E-state index contributed by atoms with van der Waals surface area (Å²) in [5.74, 6) is -0.711. The standard InChI is InChI=1S/C22H26N4O4S/c1-5-30-16-12-8-6-10-14(16)23-20(27)18(25-26-22(2,3)4)19-21(28)24-15-11-7-9-13-17(15)31(19)29/h6-13,19,26H,5H2,1-4H3,(H,23,27)(H,24,28). The smallest absolute Gasteiger partial charge is 0.273 e. The maximum Gasteiger partial charge on any atom is 0.273 e. The van der Waals surface area contributed by atoms with Crippen LogP contribution in [0.3, 0.4) is 0 Å².